The minimum atomic E-state index is -1.29. The van der Waals surface area contributed by atoms with E-state index in [0.29, 0.717) is 47.5 Å². The third kappa shape index (κ3) is 4.54. The lowest BCUT2D eigenvalue weighted by Crippen LogP contribution is -2.42. The molecular weight excluding hydrogens is 458 g/mol. The highest BCUT2D eigenvalue weighted by atomic mass is 35.5. The Morgan fingerprint density at radius 2 is 1.76 bits per heavy atom. The number of piperidine rings is 1. The summed E-state index contributed by atoms with van der Waals surface area (Å²) < 4.78 is 1.48. The van der Waals surface area contributed by atoms with Crippen LogP contribution in [0.2, 0.25) is 5.02 Å². The zero-order valence-corrected chi connectivity index (χ0v) is 19.3. The van der Waals surface area contributed by atoms with E-state index >= 15 is 0 Å². The van der Waals surface area contributed by atoms with Gasteiger partial charge in [-0.3, -0.25) is 14.4 Å². The molecule has 0 saturated carbocycles. The van der Waals surface area contributed by atoms with E-state index in [0.717, 1.165) is 0 Å². The predicted molar refractivity (Wildman–Crippen MR) is 128 cm³/mol. The van der Waals surface area contributed by atoms with E-state index in [1.165, 1.54) is 11.5 Å². The van der Waals surface area contributed by atoms with Gasteiger partial charge < -0.3 is 19.9 Å². The van der Waals surface area contributed by atoms with Gasteiger partial charge in [-0.25, -0.2) is 4.79 Å². The van der Waals surface area contributed by atoms with Crippen molar-refractivity contribution in [2.24, 2.45) is 5.92 Å². The average Bonchev–Trinajstić information content (AvgIpc) is 2.83. The zero-order valence-electron chi connectivity index (χ0n) is 18.6. The normalized spacial score (nSPS) is 14.2. The second-order valence-corrected chi connectivity index (χ2v) is 8.73. The number of benzene rings is 2. The molecule has 0 radical (unpaired) electrons. The number of aromatic carboxylic acids is 1. The van der Waals surface area contributed by atoms with E-state index in [1.807, 2.05) is 0 Å². The lowest BCUT2D eigenvalue weighted by molar-refractivity contribution is -0.134. The van der Waals surface area contributed by atoms with Gasteiger partial charge in [0, 0.05) is 48.6 Å². The van der Waals surface area contributed by atoms with Crippen molar-refractivity contribution in [3.05, 3.63) is 75.0 Å². The molecular formula is C25H24ClN3O5. The number of fused-ring (bicyclic) bond motifs is 1. The van der Waals surface area contributed by atoms with E-state index < -0.39 is 11.4 Å². The molecule has 2 amide bonds. The van der Waals surface area contributed by atoms with Crippen LogP contribution in [-0.4, -0.2) is 45.4 Å². The fourth-order valence-corrected chi connectivity index (χ4v) is 4.58. The Labute approximate surface area is 200 Å². The summed E-state index contributed by atoms with van der Waals surface area (Å²) in [5.41, 5.74) is 0.213. The zero-order chi connectivity index (χ0) is 24.4. The number of nitrogens with one attached hydrogen (secondary N) is 1. The maximum Gasteiger partial charge on any atom is 0.353 e. The molecule has 2 heterocycles. The number of pyridine rings is 1. The van der Waals surface area contributed by atoms with Gasteiger partial charge in [-0.15, -0.1) is 0 Å². The highest BCUT2D eigenvalue weighted by molar-refractivity contribution is 6.31. The van der Waals surface area contributed by atoms with Crippen molar-refractivity contribution in [1.29, 1.82) is 0 Å². The van der Waals surface area contributed by atoms with Gasteiger partial charge in [-0.05, 0) is 43.2 Å². The number of hydrogen-bond acceptors (Lipinski definition) is 4. The molecule has 0 spiro atoms. The van der Waals surface area contributed by atoms with Gasteiger partial charge in [0.15, 0.2) is 5.43 Å². The van der Waals surface area contributed by atoms with Crippen LogP contribution in [0.15, 0.2) is 53.3 Å². The molecule has 8 nitrogen and oxygen atoms in total. The van der Waals surface area contributed by atoms with Crippen molar-refractivity contribution in [1.82, 2.24) is 14.8 Å². The predicted octanol–water partition coefficient (Wildman–Crippen LogP) is 3.22. The molecule has 4 rings (SSSR count). The number of para-hydroxylation sites is 1. The summed E-state index contributed by atoms with van der Waals surface area (Å²) in [6.45, 7) is 2.26. The number of carboxylic acid groups (broad SMARTS) is 1. The largest absolute Gasteiger partial charge is 0.477 e. The van der Waals surface area contributed by atoms with Crippen molar-refractivity contribution >= 4 is 40.3 Å². The first-order valence-corrected chi connectivity index (χ1v) is 11.3. The Kier molecular flexibility index (Phi) is 6.70. The van der Waals surface area contributed by atoms with Crippen LogP contribution in [0.4, 0.5) is 0 Å². The Bertz CT molecular complexity index is 1330. The maximum absolute atomic E-state index is 13.3. The van der Waals surface area contributed by atoms with Crippen molar-refractivity contribution in [3.8, 4) is 5.69 Å². The van der Waals surface area contributed by atoms with Crippen LogP contribution < -0.4 is 10.7 Å². The molecule has 1 aromatic heterocycles. The second-order valence-electron chi connectivity index (χ2n) is 8.29. The topological polar surface area (TPSA) is 109 Å². The Morgan fingerprint density at radius 3 is 2.38 bits per heavy atom. The van der Waals surface area contributed by atoms with Gasteiger partial charge in [0.1, 0.15) is 5.69 Å². The standard InChI is InChI=1S/C25H24ClN3O5/c1-15(30)28-11-9-16(10-12-28)24(32)27-14-20-22(25(33)34)29(18-5-3-2-4-6-18)21-13-17(26)7-8-19(21)23(20)31/h2-8,13,16H,9-12,14H2,1H3,(H,27,32)(H,33,34). The number of halogens is 1. The number of hydrogen-bond donors (Lipinski definition) is 2. The third-order valence-electron chi connectivity index (χ3n) is 6.20. The minimum absolute atomic E-state index is 0.0132. The third-order valence-corrected chi connectivity index (χ3v) is 6.43. The van der Waals surface area contributed by atoms with E-state index in [2.05, 4.69) is 5.32 Å². The average molecular weight is 482 g/mol. The molecule has 0 bridgehead atoms. The first-order chi connectivity index (χ1) is 16.3. The molecule has 2 N–H and O–H groups in total. The first-order valence-electron chi connectivity index (χ1n) is 11.0. The Hall–Kier alpha value is -3.65. The maximum atomic E-state index is 13.3. The molecule has 1 saturated heterocycles. The molecule has 9 heteroatoms. The van der Waals surface area contributed by atoms with Crippen LogP contribution in [0, 0.1) is 5.92 Å². The molecule has 0 atom stereocenters. The monoisotopic (exact) mass is 481 g/mol. The van der Waals surface area contributed by atoms with Gasteiger partial charge in [-0.2, -0.15) is 0 Å². The van der Waals surface area contributed by atoms with Crippen molar-refractivity contribution in [2.45, 2.75) is 26.3 Å². The van der Waals surface area contributed by atoms with E-state index in [1.54, 1.807) is 53.4 Å². The highest BCUT2D eigenvalue weighted by Crippen LogP contribution is 2.25. The van der Waals surface area contributed by atoms with Gasteiger partial charge in [0.25, 0.3) is 0 Å². The number of amides is 2. The molecule has 0 aliphatic carbocycles. The molecule has 1 fully saturated rings. The van der Waals surface area contributed by atoms with E-state index in [9.17, 15) is 24.3 Å². The summed E-state index contributed by atoms with van der Waals surface area (Å²) in [6.07, 6.45) is 1.03. The van der Waals surface area contributed by atoms with Gasteiger partial charge in [-0.1, -0.05) is 29.8 Å². The smallest absolute Gasteiger partial charge is 0.353 e. The Morgan fingerprint density at radius 1 is 1.09 bits per heavy atom. The second kappa shape index (κ2) is 9.69. The summed E-state index contributed by atoms with van der Waals surface area (Å²) in [6, 6.07) is 13.5. The van der Waals surface area contributed by atoms with Crippen LogP contribution in [0.5, 0.6) is 0 Å². The van der Waals surface area contributed by atoms with Crippen LogP contribution in [-0.2, 0) is 16.1 Å². The minimum Gasteiger partial charge on any atom is -0.477 e. The summed E-state index contributed by atoms with van der Waals surface area (Å²) in [4.78, 5) is 51.8. The molecule has 1 aliphatic rings. The Balaban J connectivity index is 1.74. The molecule has 0 unspecified atom stereocenters. The van der Waals surface area contributed by atoms with Gasteiger partial charge in [0.2, 0.25) is 11.8 Å². The van der Waals surface area contributed by atoms with E-state index in [4.69, 9.17) is 11.6 Å². The number of aromatic nitrogens is 1. The van der Waals surface area contributed by atoms with Crippen LogP contribution >= 0.6 is 11.6 Å². The number of likely N-dealkylation sites (tertiary alicyclic amines) is 1. The number of carbonyl (C=O) groups excluding carboxylic acids is 2. The van der Waals surface area contributed by atoms with Crippen LogP contribution in [0.1, 0.15) is 35.8 Å². The summed E-state index contributed by atoms with van der Waals surface area (Å²) in [5, 5.41) is 13.5. The molecule has 2 aromatic carbocycles. The molecule has 176 valence electrons. The van der Waals surface area contributed by atoms with Gasteiger partial charge in [0.05, 0.1) is 11.1 Å². The highest BCUT2D eigenvalue weighted by Gasteiger charge is 2.28. The van der Waals surface area contributed by atoms with Crippen LogP contribution in [0.3, 0.4) is 0 Å². The summed E-state index contributed by atoms with van der Waals surface area (Å²) in [7, 11) is 0. The lowest BCUT2D eigenvalue weighted by Gasteiger charge is -2.30. The quantitative estimate of drug-likeness (QED) is 0.581. The molecule has 1 aliphatic heterocycles. The lowest BCUT2D eigenvalue weighted by atomic mass is 9.95. The first kappa shape index (κ1) is 23.5. The molecule has 3 aromatic rings. The fourth-order valence-electron chi connectivity index (χ4n) is 4.42. The summed E-state index contributed by atoms with van der Waals surface area (Å²) in [5.74, 6) is -1.88. The number of carboxylic acids is 1. The van der Waals surface area contributed by atoms with E-state index in [-0.39, 0.29) is 35.5 Å². The summed E-state index contributed by atoms with van der Waals surface area (Å²) >= 11 is 6.18. The van der Waals surface area contributed by atoms with Crippen molar-refractivity contribution in [3.63, 3.8) is 0 Å². The van der Waals surface area contributed by atoms with Crippen molar-refractivity contribution in [2.75, 3.05) is 13.1 Å². The van der Waals surface area contributed by atoms with Crippen molar-refractivity contribution < 1.29 is 19.5 Å². The number of rotatable bonds is 5. The number of nitrogens with zero attached hydrogens (tertiary/aromatic N) is 2. The number of carbonyl (C=O) groups is 3. The fraction of sp³-hybridized carbons (Fsp3) is 0.280. The van der Waals surface area contributed by atoms with Gasteiger partial charge >= 0.3 is 5.97 Å². The van der Waals surface area contributed by atoms with Crippen LogP contribution in [0.25, 0.3) is 16.6 Å². The molecule has 34 heavy (non-hydrogen) atoms. The SMILES string of the molecule is CC(=O)N1CCC(C(=O)NCc2c(C(=O)O)n(-c3ccccc3)c3cc(Cl)ccc3c2=O)CC1.